The number of rotatable bonds is 23. The SMILES string of the molecule is CCCCCOC(CCCCCCCO[Si])(OCCCCC)OCCCCC. The minimum Gasteiger partial charge on any atom is -0.419 e. The Labute approximate surface area is 179 Å². The van der Waals surface area contributed by atoms with E-state index >= 15 is 0 Å². The van der Waals surface area contributed by atoms with Gasteiger partial charge in [-0.05, 0) is 32.1 Å². The molecule has 0 rings (SSSR count). The highest BCUT2D eigenvalue weighted by molar-refractivity contribution is 5.97. The zero-order valence-electron chi connectivity index (χ0n) is 19.1. The van der Waals surface area contributed by atoms with Gasteiger partial charge in [-0.1, -0.05) is 78.6 Å². The lowest BCUT2D eigenvalue weighted by Crippen LogP contribution is -2.40. The standard InChI is InChI=1S/C23H47O4Si/c1-4-7-14-19-24-23(25-20-15-8-5-2,26-21-16-9-6-3)18-13-11-10-12-17-22-27-28/h4-22H2,1-3H3. The fourth-order valence-electron chi connectivity index (χ4n) is 3.13. The van der Waals surface area contributed by atoms with Gasteiger partial charge in [-0.15, -0.1) is 0 Å². The van der Waals surface area contributed by atoms with Crippen LogP contribution < -0.4 is 0 Å². The first-order valence-electron chi connectivity index (χ1n) is 11.9. The fourth-order valence-corrected chi connectivity index (χ4v) is 3.27. The molecule has 0 spiro atoms. The van der Waals surface area contributed by atoms with Crippen LogP contribution in [0.25, 0.3) is 0 Å². The predicted molar refractivity (Wildman–Crippen MR) is 119 cm³/mol. The van der Waals surface area contributed by atoms with Crippen LogP contribution >= 0.6 is 0 Å². The molecular weight excluding hydrogens is 368 g/mol. The number of hydrogen-bond donors (Lipinski definition) is 0. The number of ether oxygens (including phenoxy) is 3. The van der Waals surface area contributed by atoms with E-state index in [2.05, 4.69) is 31.3 Å². The molecule has 0 heterocycles. The van der Waals surface area contributed by atoms with Gasteiger partial charge in [-0.3, -0.25) is 0 Å². The van der Waals surface area contributed by atoms with Gasteiger partial charge in [-0.2, -0.15) is 0 Å². The van der Waals surface area contributed by atoms with Crippen molar-refractivity contribution < 1.29 is 18.6 Å². The summed E-state index contributed by atoms with van der Waals surface area (Å²) >= 11 is 0. The molecule has 0 aliphatic rings. The van der Waals surface area contributed by atoms with E-state index in [1.54, 1.807) is 0 Å². The molecule has 0 aromatic rings. The molecule has 28 heavy (non-hydrogen) atoms. The Kier molecular flexibility index (Phi) is 21.8. The molecule has 167 valence electrons. The molecular formula is C23H47O4Si. The Morgan fingerprint density at radius 2 is 0.893 bits per heavy atom. The Morgan fingerprint density at radius 1 is 0.500 bits per heavy atom. The maximum Gasteiger partial charge on any atom is 0.282 e. The molecule has 0 N–H and O–H groups in total. The van der Waals surface area contributed by atoms with Gasteiger partial charge in [0.1, 0.15) is 0 Å². The van der Waals surface area contributed by atoms with Crippen LogP contribution in [0.15, 0.2) is 0 Å². The Hall–Kier alpha value is 0.0569. The lowest BCUT2D eigenvalue weighted by atomic mass is 10.1. The molecule has 4 nitrogen and oxygen atoms in total. The van der Waals surface area contributed by atoms with E-state index in [0.29, 0.717) is 0 Å². The summed E-state index contributed by atoms with van der Waals surface area (Å²) in [6, 6.07) is 0. The second-order valence-electron chi connectivity index (χ2n) is 7.72. The lowest BCUT2D eigenvalue weighted by molar-refractivity contribution is -0.384. The van der Waals surface area contributed by atoms with Crippen molar-refractivity contribution >= 4 is 10.5 Å². The largest absolute Gasteiger partial charge is 0.419 e. The Bertz CT molecular complexity index is 271. The van der Waals surface area contributed by atoms with Crippen LogP contribution in [0.2, 0.25) is 0 Å². The highest BCUT2D eigenvalue weighted by atomic mass is 28.2. The van der Waals surface area contributed by atoms with Crippen LogP contribution in [-0.2, 0) is 18.6 Å². The van der Waals surface area contributed by atoms with Crippen LogP contribution in [0, 0.1) is 0 Å². The highest BCUT2D eigenvalue weighted by Crippen LogP contribution is 2.26. The molecule has 0 saturated carbocycles. The topological polar surface area (TPSA) is 36.9 Å². The summed E-state index contributed by atoms with van der Waals surface area (Å²) < 4.78 is 23.7. The number of hydrogen-bond acceptors (Lipinski definition) is 4. The quantitative estimate of drug-likeness (QED) is 0.106. The second-order valence-corrected chi connectivity index (χ2v) is 8.00. The van der Waals surface area contributed by atoms with E-state index in [4.69, 9.17) is 18.6 Å². The Morgan fingerprint density at radius 3 is 1.32 bits per heavy atom. The van der Waals surface area contributed by atoms with Gasteiger partial charge in [-0.25, -0.2) is 0 Å². The predicted octanol–water partition coefficient (Wildman–Crippen LogP) is 6.70. The highest BCUT2D eigenvalue weighted by Gasteiger charge is 2.33. The van der Waals surface area contributed by atoms with E-state index in [-0.39, 0.29) is 0 Å². The van der Waals surface area contributed by atoms with Gasteiger partial charge in [0, 0.05) is 13.0 Å². The van der Waals surface area contributed by atoms with E-state index in [1.807, 2.05) is 0 Å². The molecule has 0 fully saturated rings. The maximum absolute atomic E-state index is 6.27. The van der Waals surface area contributed by atoms with Crippen molar-refractivity contribution in [3.05, 3.63) is 0 Å². The van der Waals surface area contributed by atoms with E-state index in [1.165, 1.54) is 57.8 Å². The van der Waals surface area contributed by atoms with Crippen LogP contribution in [0.3, 0.4) is 0 Å². The van der Waals surface area contributed by atoms with E-state index in [0.717, 1.165) is 65.0 Å². The molecule has 0 unspecified atom stereocenters. The fraction of sp³-hybridized carbons (Fsp3) is 1.00. The van der Waals surface area contributed by atoms with Crippen LogP contribution in [0.1, 0.15) is 117 Å². The third-order valence-electron chi connectivity index (χ3n) is 4.94. The molecule has 0 aliphatic heterocycles. The molecule has 0 saturated heterocycles. The lowest BCUT2D eigenvalue weighted by Gasteiger charge is -2.34. The summed E-state index contributed by atoms with van der Waals surface area (Å²) in [5.74, 6) is -0.839. The van der Waals surface area contributed by atoms with Gasteiger partial charge in [0.2, 0.25) is 10.5 Å². The third-order valence-corrected chi connectivity index (χ3v) is 5.14. The van der Waals surface area contributed by atoms with Gasteiger partial charge in [0.15, 0.2) is 0 Å². The summed E-state index contributed by atoms with van der Waals surface area (Å²) in [6.07, 6.45) is 17.0. The van der Waals surface area contributed by atoms with E-state index in [9.17, 15) is 0 Å². The summed E-state index contributed by atoms with van der Waals surface area (Å²) in [4.78, 5) is 0. The molecule has 0 aromatic carbocycles. The Balaban J connectivity index is 4.58. The van der Waals surface area contributed by atoms with Gasteiger partial charge in [0.25, 0.3) is 5.97 Å². The van der Waals surface area contributed by atoms with Gasteiger partial charge >= 0.3 is 0 Å². The minimum absolute atomic E-state index is 0.720. The van der Waals surface area contributed by atoms with Crippen molar-refractivity contribution in [2.24, 2.45) is 0 Å². The molecule has 3 radical (unpaired) electrons. The molecule has 0 amide bonds. The maximum atomic E-state index is 6.27. The van der Waals surface area contributed by atoms with Crippen LogP contribution in [-0.4, -0.2) is 42.9 Å². The average Bonchev–Trinajstić information content (AvgIpc) is 2.71. The molecule has 0 aliphatic carbocycles. The summed E-state index contributed by atoms with van der Waals surface area (Å²) in [5, 5.41) is 0. The van der Waals surface area contributed by atoms with Gasteiger partial charge < -0.3 is 18.6 Å². The molecule has 0 bridgehead atoms. The summed E-state index contributed by atoms with van der Waals surface area (Å²) in [5.41, 5.74) is 0. The molecule has 0 atom stereocenters. The zero-order chi connectivity index (χ0) is 20.8. The zero-order valence-corrected chi connectivity index (χ0v) is 20.1. The van der Waals surface area contributed by atoms with E-state index < -0.39 is 5.97 Å². The van der Waals surface area contributed by atoms with Crippen LogP contribution in [0.4, 0.5) is 0 Å². The smallest absolute Gasteiger partial charge is 0.282 e. The van der Waals surface area contributed by atoms with Crippen molar-refractivity contribution in [3.8, 4) is 0 Å². The molecule has 0 aromatic heterocycles. The molecule has 5 heteroatoms. The monoisotopic (exact) mass is 415 g/mol. The summed E-state index contributed by atoms with van der Waals surface area (Å²) in [6.45, 7) is 9.60. The first-order valence-corrected chi connectivity index (χ1v) is 12.4. The second kappa shape index (κ2) is 21.8. The third kappa shape index (κ3) is 17.0. The van der Waals surface area contributed by atoms with Crippen LogP contribution in [0.5, 0.6) is 0 Å². The first-order chi connectivity index (χ1) is 13.7. The average molecular weight is 416 g/mol. The van der Waals surface area contributed by atoms with Crippen molar-refractivity contribution in [1.82, 2.24) is 0 Å². The van der Waals surface area contributed by atoms with Crippen molar-refractivity contribution in [2.45, 2.75) is 123 Å². The normalized spacial score (nSPS) is 12.0. The summed E-state index contributed by atoms with van der Waals surface area (Å²) in [7, 11) is 3.06. The van der Waals surface area contributed by atoms with Crippen molar-refractivity contribution in [3.63, 3.8) is 0 Å². The first kappa shape index (κ1) is 28.1. The van der Waals surface area contributed by atoms with Gasteiger partial charge in [0.05, 0.1) is 19.8 Å². The van der Waals surface area contributed by atoms with Crippen molar-refractivity contribution in [1.29, 1.82) is 0 Å². The minimum atomic E-state index is -0.839. The van der Waals surface area contributed by atoms with Crippen molar-refractivity contribution in [2.75, 3.05) is 26.4 Å². The number of unbranched alkanes of at least 4 members (excludes halogenated alkanes) is 10.